The Hall–Kier alpha value is -2.28. The van der Waals surface area contributed by atoms with E-state index in [2.05, 4.69) is 9.88 Å². The molecule has 1 amide bonds. The highest BCUT2D eigenvalue weighted by atomic mass is 16.6. The highest BCUT2D eigenvalue weighted by Crippen LogP contribution is 2.28. The van der Waals surface area contributed by atoms with Gasteiger partial charge < -0.3 is 14.6 Å². The third kappa shape index (κ3) is 3.11. The van der Waals surface area contributed by atoms with Crippen LogP contribution < -0.4 is 5.69 Å². The van der Waals surface area contributed by atoms with Crippen molar-refractivity contribution in [3.05, 3.63) is 34.7 Å². The van der Waals surface area contributed by atoms with Crippen molar-refractivity contribution in [3.63, 3.8) is 0 Å². The number of nitrogens with one attached hydrogen (secondary N) is 1. The van der Waals surface area contributed by atoms with E-state index in [9.17, 15) is 9.59 Å². The maximum Gasteiger partial charge on any atom is 0.409 e. The molecular formula is C19H26N4O3. The van der Waals surface area contributed by atoms with Crippen LogP contribution >= 0.6 is 0 Å². The summed E-state index contributed by atoms with van der Waals surface area (Å²) in [4.78, 5) is 31.5. The van der Waals surface area contributed by atoms with E-state index in [0.717, 1.165) is 56.5 Å². The largest absolute Gasteiger partial charge is 0.450 e. The molecule has 0 saturated carbocycles. The third-order valence-corrected chi connectivity index (χ3v) is 5.69. The number of carbonyl (C=O) groups is 1. The fourth-order valence-corrected chi connectivity index (χ4v) is 4.37. The zero-order chi connectivity index (χ0) is 18.1. The van der Waals surface area contributed by atoms with Crippen LogP contribution in [0.2, 0.25) is 0 Å². The number of fused-ring (bicyclic) bond motifs is 1. The van der Waals surface area contributed by atoms with Gasteiger partial charge in [-0.3, -0.25) is 9.47 Å². The molecule has 2 fully saturated rings. The predicted molar refractivity (Wildman–Crippen MR) is 99.4 cm³/mol. The van der Waals surface area contributed by atoms with Crippen LogP contribution in [-0.4, -0.2) is 64.3 Å². The third-order valence-electron chi connectivity index (χ3n) is 5.69. The molecule has 26 heavy (non-hydrogen) atoms. The number of piperidine rings is 1. The molecule has 0 radical (unpaired) electrons. The topological polar surface area (TPSA) is 70.6 Å². The number of ether oxygens (including phenoxy) is 1. The molecule has 1 N–H and O–H groups in total. The van der Waals surface area contributed by atoms with Gasteiger partial charge in [-0.2, -0.15) is 0 Å². The average Bonchev–Trinajstić information content (AvgIpc) is 3.26. The standard InChI is InChI=1S/C19H26N4O3/c1-2-26-19(25)22-12-9-15(13-22)21-10-7-14(8-11-21)23-17-6-4-3-5-16(17)20-18(23)24/h3-6,14-15H,2,7-13H2,1H3,(H,20,24). The molecule has 7 nitrogen and oxygen atoms in total. The zero-order valence-corrected chi connectivity index (χ0v) is 15.2. The maximum absolute atomic E-state index is 12.4. The summed E-state index contributed by atoms with van der Waals surface area (Å²) in [5, 5.41) is 0. The van der Waals surface area contributed by atoms with E-state index in [4.69, 9.17) is 4.74 Å². The van der Waals surface area contributed by atoms with Gasteiger partial charge in [0.2, 0.25) is 0 Å². The summed E-state index contributed by atoms with van der Waals surface area (Å²) in [5.74, 6) is 0. The number of rotatable bonds is 3. The molecule has 2 aromatic rings. The first kappa shape index (κ1) is 17.1. The van der Waals surface area contributed by atoms with Crippen molar-refractivity contribution in [1.29, 1.82) is 0 Å². The summed E-state index contributed by atoms with van der Waals surface area (Å²) in [5.41, 5.74) is 1.88. The molecule has 7 heteroatoms. The summed E-state index contributed by atoms with van der Waals surface area (Å²) in [6, 6.07) is 8.51. The quantitative estimate of drug-likeness (QED) is 0.913. The van der Waals surface area contributed by atoms with Gasteiger partial charge in [0.05, 0.1) is 17.6 Å². The Bertz CT molecular complexity index is 835. The Morgan fingerprint density at radius 3 is 2.65 bits per heavy atom. The zero-order valence-electron chi connectivity index (χ0n) is 15.2. The van der Waals surface area contributed by atoms with Gasteiger partial charge in [-0.15, -0.1) is 0 Å². The monoisotopic (exact) mass is 358 g/mol. The number of H-pyrrole nitrogens is 1. The van der Waals surface area contributed by atoms with Crippen LogP contribution in [0.1, 0.15) is 32.2 Å². The molecular weight excluding hydrogens is 332 g/mol. The van der Waals surface area contributed by atoms with E-state index >= 15 is 0 Å². The minimum Gasteiger partial charge on any atom is -0.450 e. The number of aromatic nitrogens is 2. The van der Waals surface area contributed by atoms with Gasteiger partial charge in [0.1, 0.15) is 0 Å². The van der Waals surface area contributed by atoms with Crippen LogP contribution in [0.3, 0.4) is 0 Å². The van der Waals surface area contributed by atoms with Crippen molar-refractivity contribution < 1.29 is 9.53 Å². The first-order chi connectivity index (χ1) is 12.7. The summed E-state index contributed by atoms with van der Waals surface area (Å²) in [7, 11) is 0. The van der Waals surface area contributed by atoms with E-state index in [1.807, 2.05) is 40.7 Å². The Kier molecular flexibility index (Phi) is 4.72. The highest BCUT2D eigenvalue weighted by Gasteiger charge is 2.33. The summed E-state index contributed by atoms with van der Waals surface area (Å²) < 4.78 is 7.03. The molecule has 1 aromatic carbocycles. The Morgan fingerprint density at radius 2 is 1.88 bits per heavy atom. The van der Waals surface area contributed by atoms with Gasteiger partial charge >= 0.3 is 11.8 Å². The van der Waals surface area contributed by atoms with Gasteiger partial charge in [0, 0.05) is 38.3 Å². The maximum atomic E-state index is 12.4. The lowest BCUT2D eigenvalue weighted by molar-refractivity contribution is 0.105. The normalized spacial score (nSPS) is 22.2. The van der Waals surface area contributed by atoms with Crippen molar-refractivity contribution in [2.24, 2.45) is 0 Å². The second-order valence-corrected chi connectivity index (χ2v) is 7.17. The molecule has 0 spiro atoms. The number of hydrogen-bond donors (Lipinski definition) is 1. The van der Waals surface area contributed by atoms with Gasteiger partial charge in [-0.05, 0) is 38.3 Å². The molecule has 3 heterocycles. The summed E-state index contributed by atoms with van der Waals surface area (Å²) in [6.07, 6.45) is 2.71. The van der Waals surface area contributed by atoms with Crippen LogP contribution in [0.15, 0.2) is 29.1 Å². The highest BCUT2D eigenvalue weighted by molar-refractivity contribution is 5.75. The lowest BCUT2D eigenvalue weighted by atomic mass is 10.0. The average molecular weight is 358 g/mol. The number of likely N-dealkylation sites (tertiary alicyclic amines) is 2. The second-order valence-electron chi connectivity index (χ2n) is 7.17. The molecule has 0 bridgehead atoms. The lowest BCUT2D eigenvalue weighted by Gasteiger charge is -2.36. The number of nitrogens with zero attached hydrogens (tertiary/aromatic N) is 3. The van der Waals surface area contributed by atoms with Crippen LogP contribution in [0.5, 0.6) is 0 Å². The molecule has 4 rings (SSSR count). The van der Waals surface area contributed by atoms with Crippen LogP contribution in [0.4, 0.5) is 4.79 Å². The minimum atomic E-state index is -0.199. The van der Waals surface area contributed by atoms with Gasteiger partial charge in [-0.1, -0.05) is 12.1 Å². The number of hydrogen-bond acceptors (Lipinski definition) is 4. The summed E-state index contributed by atoms with van der Waals surface area (Å²) in [6.45, 7) is 5.69. The SMILES string of the molecule is CCOC(=O)N1CCC(N2CCC(n3c(=O)[nH]c4ccccc43)CC2)C1. The van der Waals surface area contributed by atoms with E-state index in [1.54, 1.807) is 0 Å². The van der Waals surface area contributed by atoms with E-state index < -0.39 is 0 Å². The molecule has 1 atom stereocenters. The molecule has 2 aliphatic rings. The van der Waals surface area contributed by atoms with E-state index in [0.29, 0.717) is 12.6 Å². The van der Waals surface area contributed by atoms with Crippen molar-refractivity contribution in [3.8, 4) is 0 Å². The lowest BCUT2D eigenvalue weighted by Crippen LogP contribution is -2.44. The first-order valence-electron chi connectivity index (χ1n) is 9.52. The molecule has 0 aliphatic carbocycles. The van der Waals surface area contributed by atoms with Crippen molar-refractivity contribution in [2.75, 3.05) is 32.8 Å². The molecule has 1 aromatic heterocycles. The summed E-state index contributed by atoms with van der Waals surface area (Å²) >= 11 is 0. The van der Waals surface area contributed by atoms with Gasteiger partial charge in [0.15, 0.2) is 0 Å². The first-order valence-corrected chi connectivity index (χ1v) is 9.52. The van der Waals surface area contributed by atoms with Crippen LogP contribution in [0.25, 0.3) is 11.0 Å². The Labute approximate surface area is 152 Å². The van der Waals surface area contributed by atoms with Crippen LogP contribution in [0, 0.1) is 0 Å². The van der Waals surface area contributed by atoms with E-state index in [1.165, 1.54) is 0 Å². The van der Waals surface area contributed by atoms with Crippen LogP contribution in [-0.2, 0) is 4.74 Å². The smallest absolute Gasteiger partial charge is 0.409 e. The minimum absolute atomic E-state index is 0.0148. The molecule has 1 unspecified atom stereocenters. The number of imidazole rings is 1. The Balaban J connectivity index is 1.39. The van der Waals surface area contributed by atoms with Gasteiger partial charge in [-0.25, -0.2) is 9.59 Å². The Morgan fingerprint density at radius 1 is 1.15 bits per heavy atom. The number of para-hydroxylation sites is 2. The number of benzene rings is 1. The number of amides is 1. The molecule has 2 aliphatic heterocycles. The van der Waals surface area contributed by atoms with E-state index in [-0.39, 0.29) is 17.8 Å². The van der Waals surface area contributed by atoms with Crippen molar-refractivity contribution in [2.45, 2.75) is 38.3 Å². The molecule has 140 valence electrons. The predicted octanol–water partition coefficient (Wildman–Crippen LogP) is 2.20. The number of aromatic amines is 1. The van der Waals surface area contributed by atoms with Gasteiger partial charge in [0.25, 0.3) is 0 Å². The fourth-order valence-electron chi connectivity index (χ4n) is 4.37. The van der Waals surface area contributed by atoms with Crippen molar-refractivity contribution in [1.82, 2.24) is 19.4 Å². The second kappa shape index (κ2) is 7.15. The molecule has 2 saturated heterocycles. The van der Waals surface area contributed by atoms with Crippen molar-refractivity contribution >= 4 is 17.1 Å². The number of carbonyl (C=O) groups excluding carboxylic acids is 1. The fraction of sp³-hybridized carbons (Fsp3) is 0.579.